The molecule has 0 amide bonds. The van der Waals surface area contributed by atoms with E-state index < -0.39 is 0 Å². The van der Waals surface area contributed by atoms with Gasteiger partial charge in [0.25, 0.3) is 0 Å². The number of ether oxygens (including phenoxy) is 4. The van der Waals surface area contributed by atoms with E-state index in [1.165, 1.54) is 76.2 Å². The van der Waals surface area contributed by atoms with E-state index in [-0.39, 0.29) is 43.0 Å². The van der Waals surface area contributed by atoms with Crippen molar-refractivity contribution in [3.05, 3.63) is 77.9 Å². The number of nitrogens with zero attached hydrogens (tertiary/aromatic N) is 3. The van der Waals surface area contributed by atoms with E-state index in [9.17, 15) is 14.4 Å². The molecule has 3 saturated carbocycles. The molecular weight excluding hydrogens is 823 g/mol. The predicted molar refractivity (Wildman–Crippen MR) is 255 cm³/mol. The van der Waals surface area contributed by atoms with E-state index in [0.29, 0.717) is 48.8 Å². The summed E-state index contributed by atoms with van der Waals surface area (Å²) >= 11 is 1.65. The minimum atomic E-state index is -0.342. The van der Waals surface area contributed by atoms with Crippen molar-refractivity contribution in [1.29, 1.82) is 0 Å². The first-order valence-electron chi connectivity index (χ1n) is 24.4. The molecule has 0 bridgehead atoms. The zero-order valence-corrected chi connectivity index (χ0v) is 39.2. The molecule has 7 rings (SSSR count). The van der Waals surface area contributed by atoms with E-state index in [0.717, 1.165) is 64.5 Å². The van der Waals surface area contributed by atoms with Gasteiger partial charge in [0.1, 0.15) is 17.2 Å². The molecule has 3 fully saturated rings. The molecule has 1 heterocycles. The molecule has 3 aliphatic carbocycles. The Morgan fingerprint density at radius 3 is 2.08 bits per heavy atom. The molecule has 0 spiro atoms. The second-order valence-corrected chi connectivity index (χ2v) is 19.4. The summed E-state index contributed by atoms with van der Waals surface area (Å²) in [5, 5.41) is 7.98. The molecular formula is C53H69N3O7S. The lowest BCUT2D eigenvalue weighted by Gasteiger charge is -2.38. The molecule has 3 aliphatic rings. The third-order valence-electron chi connectivity index (χ3n) is 14.0. The Morgan fingerprint density at radius 1 is 0.734 bits per heavy atom. The molecule has 10 nitrogen and oxygen atoms in total. The van der Waals surface area contributed by atoms with Crippen LogP contribution in [0.4, 0.5) is 5.13 Å². The van der Waals surface area contributed by atoms with Crippen LogP contribution in [0.2, 0.25) is 0 Å². The van der Waals surface area contributed by atoms with Gasteiger partial charge in [0.05, 0.1) is 28.3 Å². The monoisotopic (exact) mass is 891 g/mol. The van der Waals surface area contributed by atoms with Gasteiger partial charge < -0.3 is 18.9 Å². The lowest BCUT2D eigenvalue weighted by Crippen LogP contribution is -2.30. The maximum Gasteiger partial charge on any atom is 0.314 e. The van der Waals surface area contributed by atoms with Crippen LogP contribution in [0.5, 0.6) is 17.2 Å². The Morgan fingerprint density at radius 2 is 1.41 bits per heavy atom. The minimum absolute atomic E-state index is 0.179. The Bertz CT molecular complexity index is 2100. The summed E-state index contributed by atoms with van der Waals surface area (Å²) in [4.78, 5) is 43.4. The quantitative estimate of drug-likeness (QED) is 0.0213. The third-order valence-corrected chi connectivity index (χ3v) is 15.0. The molecule has 11 heteroatoms. The van der Waals surface area contributed by atoms with Gasteiger partial charge >= 0.3 is 17.9 Å². The summed E-state index contributed by atoms with van der Waals surface area (Å²) in [6.45, 7) is 6.83. The summed E-state index contributed by atoms with van der Waals surface area (Å²) in [5.74, 6) is 2.99. The number of hydrogen-bond donors (Lipinski definition) is 0. The number of carbonyl (C=O) groups excluding carboxylic acids is 3. The van der Waals surface area contributed by atoms with Crippen LogP contribution in [0.3, 0.4) is 0 Å². The number of thiazole rings is 1. The van der Waals surface area contributed by atoms with Crippen LogP contribution in [-0.4, -0.2) is 42.4 Å². The average Bonchev–Trinajstić information content (AvgIpc) is 3.77. The molecule has 4 aromatic rings. The highest BCUT2D eigenvalue weighted by Crippen LogP contribution is 2.45. The van der Waals surface area contributed by atoms with Crippen molar-refractivity contribution in [2.24, 2.45) is 34.7 Å². The zero-order chi connectivity index (χ0) is 44.7. The van der Waals surface area contributed by atoms with Crippen molar-refractivity contribution in [2.75, 3.05) is 18.3 Å². The summed E-state index contributed by atoms with van der Waals surface area (Å²) in [7, 11) is 0. The highest BCUT2D eigenvalue weighted by atomic mass is 32.1. The standard InChI is InChI=1S/C53H69N3O7S/c1-4-7-8-11-33-56(53-55-47-13-9-10-14-49(47)64-53)54-35-44-34-43(40-21-19-39(20-22-40)38-17-15-37(12-5-2)16-18-38)27-32-48(44)63-52(59)42-25-23-41(24-26-42)51(58)62-46-30-28-45(29-31-46)60-36-61-50(57)6-3/h9-10,13-14,27-32,34-35,37-42H,4-8,11-12,15-26,33,36H2,1-3H3/b54-35+. The van der Waals surface area contributed by atoms with Gasteiger partial charge in [-0.15, -0.1) is 0 Å². The van der Waals surface area contributed by atoms with Gasteiger partial charge in [-0.3, -0.25) is 14.4 Å². The first-order valence-corrected chi connectivity index (χ1v) is 25.2. The van der Waals surface area contributed by atoms with Crippen molar-refractivity contribution in [3.8, 4) is 17.2 Å². The molecule has 3 aromatic carbocycles. The Labute approximate surface area is 384 Å². The molecule has 0 aliphatic heterocycles. The second-order valence-electron chi connectivity index (χ2n) is 18.4. The van der Waals surface area contributed by atoms with Crippen molar-refractivity contribution in [3.63, 3.8) is 0 Å². The number of carbonyl (C=O) groups is 3. The predicted octanol–water partition coefficient (Wildman–Crippen LogP) is 13.2. The van der Waals surface area contributed by atoms with E-state index in [2.05, 4.69) is 32.0 Å². The fraction of sp³-hybridized carbons (Fsp3) is 0.566. The number of para-hydroxylation sites is 1. The number of benzene rings is 3. The fourth-order valence-corrected chi connectivity index (χ4v) is 11.1. The smallest absolute Gasteiger partial charge is 0.314 e. The largest absolute Gasteiger partial charge is 0.457 e. The lowest BCUT2D eigenvalue weighted by atomic mass is 9.68. The molecule has 0 atom stereocenters. The number of esters is 3. The van der Waals surface area contributed by atoms with Crippen LogP contribution in [0, 0.1) is 29.6 Å². The van der Waals surface area contributed by atoms with E-state index in [1.807, 2.05) is 35.5 Å². The fourth-order valence-electron chi connectivity index (χ4n) is 10.1. The number of hydrogen-bond acceptors (Lipinski definition) is 11. The van der Waals surface area contributed by atoms with E-state index >= 15 is 0 Å². The normalized spacial score (nSPS) is 22.5. The molecule has 64 heavy (non-hydrogen) atoms. The molecule has 0 unspecified atom stereocenters. The van der Waals surface area contributed by atoms with E-state index in [1.54, 1.807) is 42.5 Å². The summed E-state index contributed by atoms with van der Waals surface area (Å²) in [6, 6.07) is 21.2. The average molecular weight is 892 g/mol. The van der Waals surface area contributed by atoms with Crippen molar-refractivity contribution in [2.45, 2.75) is 149 Å². The molecule has 344 valence electrons. The highest BCUT2D eigenvalue weighted by Gasteiger charge is 2.34. The molecule has 1 aromatic heterocycles. The molecule has 0 radical (unpaired) electrons. The highest BCUT2D eigenvalue weighted by molar-refractivity contribution is 7.22. The van der Waals surface area contributed by atoms with Gasteiger partial charge in [0.2, 0.25) is 11.9 Å². The summed E-state index contributed by atoms with van der Waals surface area (Å²) < 4.78 is 23.5. The Balaban J connectivity index is 1.01. The Hall–Kier alpha value is -4.77. The summed E-state index contributed by atoms with van der Waals surface area (Å²) in [5.41, 5.74) is 3.06. The van der Waals surface area contributed by atoms with Crippen molar-refractivity contribution >= 4 is 50.8 Å². The maximum atomic E-state index is 13.9. The van der Waals surface area contributed by atoms with Crippen molar-refractivity contribution in [1.82, 2.24) is 4.98 Å². The van der Waals surface area contributed by atoms with Crippen LogP contribution < -0.4 is 19.2 Å². The topological polar surface area (TPSA) is 117 Å². The zero-order valence-electron chi connectivity index (χ0n) is 38.3. The van der Waals surface area contributed by atoms with Crippen LogP contribution in [-0.2, 0) is 19.1 Å². The molecule has 0 N–H and O–H groups in total. The first kappa shape index (κ1) is 47.2. The number of fused-ring (bicyclic) bond motifs is 1. The minimum Gasteiger partial charge on any atom is -0.457 e. The van der Waals surface area contributed by atoms with Gasteiger partial charge in [0.15, 0.2) is 0 Å². The summed E-state index contributed by atoms with van der Waals surface area (Å²) in [6.07, 6.45) is 22.0. The lowest BCUT2D eigenvalue weighted by molar-refractivity contribution is -0.149. The number of unbranched alkanes of at least 4 members (excludes halogenated alkanes) is 3. The van der Waals surface area contributed by atoms with Gasteiger partial charge in [-0.1, -0.05) is 95.3 Å². The third kappa shape index (κ3) is 13.2. The maximum absolute atomic E-state index is 13.9. The Kier molecular flexibility index (Phi) is 17.7. The van der Waals surface area contributed by atoms with Gasteiger partial charge in [-0.25, -0.2) is 9.99 Å². The second kappa shape index (κ2) is 24.0. The van der Waals surface area contributed by atoms with E-state index in [4.69, 9.17) is 29.0 Å². The number of anilines is 1. The number of rotatable bonds is 20. The van der Waals surface area contributed by atoms with Crippen LogP contribution in [0.25, 0.3) is 10.2 Å². The molecule has 0 saturated heterocycles. The number of hydrazone groups is 1. The van der Waals surface area contributed by atoms with Gasteiger partial charge in [0, 0.05) is 18.5 Å². The van der Waals surface area contributed by atoms with Crippen LogP contribution in [0.1, 0.15) is 160 Å². The SMILES string of the molecule is CCCCCCN(/N=C/c1cc(C2CCC(C3CCC(CCC)CC3)CC2)ccc1OC(=O)C1CCC(C(=O)Oc2ccc(OCOC(=O)CC)cc2)CC1)c1nc2ccccc2s1. The number of aromatic nitrogens is 1. The van der Waals surface area contributed by atoms with Crippen LogP contribution >= 0.6 is 11.3 Å². The first-order chi connectivity index (χ1) is 31.3. The van der Waals surface area contributed by atoms with Gasteiger partial charge in [-0.05, 0) is 148 Å². The van der Waals surface area contributed by atoms with Gasteiger partial charge in [-0.2, -0.15) is 5.10 Å². The van der Waals surface area contributed by atoms with Crippen molar-refractivity contribution < 1.29 is 33.3 Å². The van der Waals surface area contributed by atoms with Crippen LogP contribution in [0.15, 0.2) is 71.8 Å².